The highest BCUT2D eigenvalue weighted by Crippen LogP contribution is 2.27. The van der Waals surface area contributed by atoms with Crippen LogP contribution in [0.25, 0.3) is 0 Å². The second-order valence-electron chi connectivity index (χ2n) is 4.89. The van der Waals surface area contributed by atoms with Gasteiger partial charge in [0, 0.05) is 18.0 Å². The molecule has 1 N–H and O–H groups in total. The zero-order valence-corrected chi connectivity index (χ0v) is 12.0. The molecule has 0 unspecified atom stereocenters. The Hall–Kier alpha value is -0.320. The van der Waals surface area contributed by atoms with E-state index in [0.29, 0.717) is 11.2 Å². The van der Waals surface area contributed by atoms with Gasteiger partial charge in [0.15, 0.2) is 5.13 Å². The molecule has 1 saturated heterocycles. The lowest BCUT2D eigenvalue weighted by atomic mass is 9.97. The van der Waals surface area contributed by atoms with Crippen LogP contribution in [0.5, 0.6) is 0 Å². The van der Waals surface area contributed by atoms with E-state index < -0.39 is 0 Å². The summed E-state index contributed by atoms with van der Waals surface area (Å²) in [6, 6.07) is 0.479. The highest BCUT2D eigenvalue weighted by Gasteiger charge is 2.21. The van der Waals surface area contributed by atoms with Crippen molar-refractivity contribution in [1.29, 1.82) is 0 Å². The van der Waals surface area contributed by atoms with Crippen LogP contribution in [-0.2, 0) is 0 Å². The number of halogens is 1. The molecule has 0 saturated carbocycles. The highest BCUT2D eigenvalue weighted by molar-refractivity contribution is 7.14. The molecule has 1 fully saturated rings. The van der Waals surface area contributed by atoms with Gasteiger partial charge in [-0.3, -0.25) is 0 Å². The number of piperidine rings is 1. The van der Waals surface area contributed by atoms with Gasteiger partial charge in [-0.05, 0) is 45.7 Å². The maximum atomic E-state index is 5.91. The number of rotatable bonds is 4. The molecule has 96 valence electrons. The van der Waals surface area contributed by atoms with E-state index in [0.717, 1.165) is 30.7 Å². The Labute approximate surface area is 112 Å². The molecule has 2 rings (SSSR count). The Morgan fingerprint density at radius 3 is 2.76 bits per heavy atom. The van der Waals surface area contributed by atoms with Crippen LogP contribution in [0.2, 0.25) is 5.15 Å². The van der Waals surface area contributed by atoms with Crippen molar-refractivity contribution in [2.24, 2.45) is 5.92 Å². The van der Waals surface area contributed by atoms with Gasteiger partial charge in [-0.1, -0.05) is 11.6 Å². The van der Waals surface area contributed by atoms with Crippen molar-refractivity contribution in [3.63, 3.8) is 0 Å². The van der Waals surface area contributed by atoms with Gasteiger partial charge in [0.1, 0.15) is 5.15 Å². The lowest BCUT2D eigenvalue weighted by Gasteiger charge is -2.32. The standard InChI is InChI=1S/C12H20ClN3S/c1-9(2)16(12-15-11(13)8-17-12)7-10-3-5-14-6-4-10/h8-10,14H,3-7H2,1-2H3. The van der Waals surface area contributed by atoms with Crippen LogP contribution in [0.3, 0.4) is 0 Å². The summed E-state index contributed by atoms with van der Waals surface area (Å²) in [4.78, 5) is 6.77. The molecule has 1 aliphatic rings. The predicted octanol–water partition coefficient (Wildman–Crippen LogP) is 3.01. The molecule has 0 amide bonds. The van der Waals surface area contributed by atoms with Crippen LogP contribution in [0.15, 0.2) is 5.38 Å². The van der Waals surface area contributed by atoms with Crippen molar-refractivity contribution < 1.29 is 0 Å². The second kappa shape index (κ2) is 6.03. The first-order valence-electron chi connectivity index (χ1n) is 6.25. The van der Waals surface area contributed by atoms with E-state index >= 15 is 0 Å². The minimum absolute atomic E-state index is 0.479. The van der Waals surface area contributed by atoms with E-state index in [1.54, 1.807) is 11.3 Å². The summed E-state index contributed by atoms with van der Waals surface area (Å²) < 4.78 is 0. The fraction of sp³-hybridized carbons (Fsp3) is 0.750. The molecule has 0 radical (unpaired) electrons. The normalized spacial score (nSPS) is 17.6. The van der Waals surface area contributed by atoms with Crippen molar-refractivity contribution >= 4 is 28.1 Å². The minimum Gasteiger partial charge on any atom is -0.345 e. The Morgan fingerprint density at radius 1 is 1.53 bits per heavy atom. The van der Waals surface area contributed by atoms with Crippen molar-refractivity contribution in [1.82, 2.24) is 10.3 Å². The average Bonchev–Trinajstić information content (AvgIpc) is 2.73. The maximum Gasteiger partial charge on any atom is 0.186 e. The average molecular weight is 274 g/mol. The van der Waals surface area contributed by atoms with Crippen molar-refractivity contribution in [2.45, 2.75) is 32.7 Å². The van der Waals surface area contributed by atoms with E-state index in [9.17, 15) is 0 Å². The molecule has 2 heterocycles. The number of thiazole rings is 1. The van der Waals surface area contributed by atoms with Gasteiger partial charge in [-0.15, -0.1) is 11.3 Å². The first-order valence-corrected chi connectivity index (χ1v) is 7.51. The van der Waals surface area contributed by atoms with Crippen molar-refractivity contribution in [3.05, 3.63) is 10.5 Å². The Kier molecular flexibility index (Phi) is 4.65. The third kappa shape index (κ3) is 3.57. The van der Waals surface area contributed by atoms with E-state index in [1.807, 2.05) is 5.38 Å². The van der Waals surface area contributed by atoms with Crippen LogP contribution in [-0.4, -0.2) is 30.7 Å². The number of anilines is 1. The van der Waals surface area contributed by atoms with Crippen LogP contribution in [0, 0.1) is 5.92 Å². The van der Waals surface area contributed by atoms with E-state index in [-0.39, 0.29) is 0 Å². The number of nitrogens with zero attached hydrogens (tertiary/aromatic N) is 2. The summed E-state index contributed by atoms with van der Waals surface area (Å²) in [7, 11) is 0. The summed E-state index contributed by atoms with van der Waals surface area (Å²) in [5.74, 6) is 0.779. The number of aromatic nitrogens is 1. The molecule has 3 nitrogen and oxygen atoms in total. The summed E-state index contributed by atoms with van der Waals surface area (Å²) in [6.45, 7) is 7.83. The predicted molar refractivity (Wildman–Crippen MR) is 75.2 cm³/mol. The van der Waals surface area contributed by atoms with Crippen LogP contribution >= 0.6 is 22.9 Å². The smallest absolute Gasteiger partial charge is 0.186 e. The molecule has 0 atom stereocenters. The van der Waals surface area contributed by atoms with Crippen LogP contribution in [0.4, 0.5) is 5.13 Å². The summed E-state index contributed by atoms with van der Waals surface area (Å²) in [5, 5.41) is 6.99. The molecule has 1 aromatic rings. The van der Waals surface area contributed by atoms with Gasteiger partial charge in [-0.2, -0.15) is 0 Å². The van der Waals surface area contributed by atoms with Gasteiger partial charge >= 0.3 is 0 Å². The largest absolute Gasteiger partial charge is 0.345 e. The monoisotopic (exact) mass is 273 g/mol. The molecule has 5 heteroatoms. The molecule has 1 aliphatic heterocycles. The van der Waals surface area contributed by atoms with E-state index in [1.165, 1.54) is 12.8 Å². The summed E-state index contributed by atoms with van der Waals surface area (Å²) >= 11 is 7.56. The Morgan fingerprint density at radius 2 is 2.24 bits per heavy atom. The fourth-order valence-electron chi connectivity index (χ4n) is 2.23. The minimum atomic E-state index is 0.479. The van der Waals surface area contributed by atoms with Crippen molar-refractivity contribution in [2.75, 3.05) is 24.5 Å². The number of hydrogen-bond acceptors (Lipinski definition) is 4. The van der Waals surface area contributed by atoms with Gasteiger partial charge in [0.2, 0.25) is 0 Å². The van der Waals surface area contributed by atoms with Crippen molar-refractivity contribution in [3.8, 4) is 0 Å². The molecule has 0 aromatic carbocycles. The quantitative estimate of drug-likeness (QED) is 0.914. The molecule has 1 aromatic heterocycles. The van der Waals surface area contributed by atoms with Gasteiger partial charge in [-0.25, -0.2) is 4.98 Å². The Balaban J connectivity index is 2.01. The molecular weight excluding hydrogens is 254 g/mol. The topological polar surface area (TPSA) is 28.2 Å². The number of nitrogens with one attached hydrogen (secondary N) is 1. The molecular formula is C12H20ClN3S. The molecule has 17 heavy (non-hydrogen) atoms. The highest BCUT2D eigenvalue weighted by atomic mass is 35.5. The molecule has 0 aliphatic carbocycles. The van der Waals surface area contributed by atoms with Crippen LogP contribution < -0.4 is 10.2 Å². The first kappa shape index (κ1) is 13.1. The van der Waals surface area contributed by atoms with E-state index in [2.05, 4.69) is 29.0 Å². The van der Waals surface area contributed by atoms with E-state index in [4.69, 9.17) is 11.6 Å². The first-order chi connectivity index (χ1) is 8.16. The second-order valence-corrected chi connectivity index (χ2v) is 6.12. The zero-order chi connectivity index (χ0) is 12.3. The Bertz CT molecular complexity index is 347. The van der Waals surface area contributed by atoms with Gasteiger partial charge < -0.3 is 10.2 Å². The van der Waals surface area contributed by atoms with Gasteiger partial charge in [0.05, 0.1) is 0 Å². The maximum absolute atomic E-state index is 5.91. The number of hydrogen-bond donors (Lipinski definition) is 1. The van der Waals surface area contributed by atoms with Crippen LogP contribution in [0.1, 0.15) is 26.7 Å². The fourth-order valence-corrected chi connectivity index (χ4v) is 3.32. The molecule has 0 spiro atoms. The summed E-state index contributed by atoms with van der Waals surface area (Å²) in [5.41, 5.74) is 0. The summed E-state index contributed by atoms with van der Waals surface area (Å²) in [6.07, 6.45) is 2.53. The van der Waals surface area contributed by atoms with Gasteiger partial charge in [0.25, 0.3) is 0 Å². The lowest BCUT2D eigenvalue weighted by Crippen LogP contribution is -2.39. The third-order valence-corrected chi connectivity index (χ3v) is 4.45. The zero-order valence-electron chi connectivity index (χ0n) is 10.4. The molecule has 0 bridgehead atoms. The third-order valence-electron chi connectivity index (χ3n) is 3.25. The lowest BCUT2D eigenvalue weighted by molar-refractivity contribution is 0.367. The SMILES string of the molecule is CC(C)N(CC1CCNCC1)c1nc(Cl)cs1.